The summed E-state index contributed by atoms with van der Waals surface area (Å²) in [6.45, 7) is 8.67. The molecule has 116 valence electrons. The van der Waals surface area contributed by atoms with Crippen LogP contribution in [-0.2, 0) is 0 Å². The molecule has 0 aliphatic carbocycles. The molecule has 0 N–H and O–H groups in total. The first-order chi connectivity index (χ1) is 10.5. The first-order valence-electron chi connectivity index (χ1n) is 7.58. The van der Waals surface area contributed by atoms with Crippen molar-refractivity contribution in [1.82, 2.24) is 15.1 Å². The Balaban J connectivity index is 2.01. The summed E-state index contributed by atoms with van der Waals surface area (Å²) in [4.78, 5) is 23.7. The second kappa shape index (κ2) is 5.51. The molecule has 3 rings (SSSR count). The third-order valence-electron chi connectivity index (χ3n) is 3.92. The van der Waals surface area contributed by atoms with Gasteiger partial charge in [-0.2, -0.15) is 4.98 Å². The van der Waals surface area contributed by atoms with Gasteiger partial charge >= 0.3 is 0 Å². The monoisotopic (exact) mass is 300 g/mol. The van der Waals surface area contributed by atoms with Gasteiger partial charge in [-0.1, -0.05) is 19.0 Å². The summed E-state index contributed by atoms with van der Waals surface area (Å²) < 4.78 is 5.35. The minimum absolute atomic E-state index is 0.000967. The highest BCUT2D eigenvalue weighted by atomic mass is 16.5. The van der Waals surface area contributed by atoms with Crippen LogP contribution in [0, 0.1) is 0 Å². The van der Waals surface area contributed by atoms with Gasteiger partial charge in [-0.05, 0) is 26.0 Å². The fraction of sp³-hybridized carbons (Fsp3) is 0.500. The summed E-state index contributed by atoms with van der Waals surface area (Å²) in [5.41, 5.74) is 0.622. The minimum Gasteiger partial charge on any atom is -0.352 e. The van der Waals surface area contributed by atoms with Crippen LogP contribution in [-0.4, -0.2) is 33.5 Å². The summed E-state index contributed by atoms with van der Waals surface area (Å²) in [5, 5.41) is 3.98. The van der Waals surface area contributed by atoms with Crippen molar-refractivity contribution in [3.05, 3.63) is 35.6 Å². The Morgan fingerprint density at radius 3 is 2.73 bits per heavy atom. The van der Waals surface area contributed by atoms with Crippen molar-refractivity contribution >= 4 is 11.6 Å². The smallest absolute Gasteiger partial charge is 0.239 e. The van der Waals surface area contributed by atoms with E-state index in [1.54, 1.807) is 12.3 Å². The summed E-state index contributed by atoms with van der Waals surface area (Å²) in [7, 11) is 0. The summed E-state index contributed by atoms with van der Waals surface area (Å²) >= 11 is 0. The number of carbonyl (C=O) groups is 1. The average Bonchev–Trinajstić information content (AvgIpc) is 2.97. The number of rotatable bonds is 3. The van der Waals surface area contributed by atoms with Crippen LogP contribution in [0.4, 0.5) is 5.82 Å². The van der Waals surface area contributed by atoms with Gasteiger partial charge in [0.05, 0.1) is 5.56 Å². The van der Waals surface area contributed by atoms with Gasteiger partial charge < -0.3 is 9.42 Å². The Kier molecular flexibility index (Phi) is 3.68. The van der Waals surface area contributed by atoms with Crippen molar-refractivity contribution in [2.45, 2.75) is 45.6 Å². The number of ketones is 1. The standard InChI is InChI=1S/C16H20N4O2/c1-9(2)14-18-16(22-19-14)12-8-20(10(3)4)15-11(13(12)21)6-5-7-17-15/h5-7,9-10,12H,8H2,1-4H3. The lowest BCUT2D eigenvalue weighted by Gasteiger charge is -2.35. The Morgan fingerprint density at radius 1 is 1.32 bits per heavy atom. The number of fused-ring (bicyclic) bond motifs is 1. The highest BCUT2D eigenvalue weighted by Crippen LogP contribution is 2.33. The molecule has 2 aromatic rings. The number of nitrogens with zero attached hydrogens (tertiary/aromatic N) is 4. The summed E-state index contributed by atoms with van der Waals surface area (Å²) in [6.07, 6.45) is 1.71. The molecule has 6 heteroatoms. The molecule has 0 bridgehead atoms. The molecule has 2 aromatic heterocycles. The predicted molar refractivity (Wildman–Crippen MR) is 82.2 cm³/mol. The van der Waals surface area contributed by atoms with Crippen LogP contribution in [0.15, 0.2) is 22.9 Å². The van der Waals surface area contributed by atoms with Gasteiger partial charge in [-0.3, -0.25) is 4.79 Å². The molecule has 0 saturated carbocycles. The van der Waals surface area contributed by atoms with E-state index in [0.717, 1.165) is 5.82 Å². The largest absolute Gasteiger partial charge is 0.352 e. The topological polar surface area (TPSA) is 72.1 Å². The number of hydrogen-bond donors (Lipinski definition) is 0. The van der Waals surface area contributed by atoms with E-state index in [1.807, 2.05) is 19.9 Å². The molecular formula is C16H20N4O2. The number of aromatic nitrogens is 3. The zero-order chi connectivity index (χ0) is 15.9. The van der Waals surface area contributed by atoms with Gasteiger partial charge in [0.1, 0.15) is 11.7 Å². The molecule has 0 aromatic carbocycles. The lowest BCUT2D eigenvalue weighted by Crippen LogP contribution is -2.42. The van der Waals surface area contributed by atoms with Crippen molar-refractivity contribution in [3.8, 4) is 0 Å². The second-order valence-electron chi connectivity index (χ2n) is 6.18. The number of pyridine rings is 1. The third-order valence-corrected chi connectivity index (χ3v) is 3.92. The van der Waals surface area contributed by atoms with Crippen LogP contribution >= 0.6 is 0 Å². The minimum atomic E-state index is -0.431. The van der Waals surface area contributed by atoms with Crippen molar-refractivity contribution in [1.29, 1.82) is 0 Å². The normalized spacial score (nSPS) is 18.2. The third kappa shape index (κ3) is 2.38. The number of anilines is 1. The Morgan fingerprint density at radius 2 is 2.09 bits per heavy atom. The van der Waals surface area contributed by atoms with E-state index in [0.29, 0.717) is 23.8 Å². The maximum atomic E-state index is 12.8. The van der Waals surface area contributed by atoms with Crippen molar-refractivity contribution < 1.29 is 9.32 Å². The molecule has 3 heterocycles. The molecular weight excluding hydrogens is 280 g/mol. The molecule has 0 saturated heterocycles. The zero-order valence-corrected chi connectivity index (χ0v) is 13.3. The molecule has 0 radical (unpaired) electrons. The van der Waals surface area contributed by atoms with E-state index in [9.17, 15) is 4.79 Å². The molecule has 1 aliphatic rings. The van der Waals surface area contributed by atoms with E-state index < -0.39 is 5.92 Å². The average molecular weight is 300 g/mol. The van der Waals surface area contributed by atoms with Gasteiger partial charge in [-0.25, -0.2) is 4.98 Å². The summed E-state index contributed by atoms with van der Waals surface area (Å²) in [6, 6.07) is 3.83. The van der Waals surface area contributed by atoms with E-state index in [2.05, 4.69) is 33.9 Å². The number of hydrogen-bond acceptors (Lipinski definition) is 6. The fourth-order valence-corrected chi connectivity index (χ4v) is 2.64. The molecule has 1 aliphatic heterocycles. The molecule has 0 spiro atoms. The van der Waals surface area contributed by atoms with Crippen molar-refractivity contribution in [2.24, 2.45) is 0 Å². The highest BCUT2D eigenvalue weighted by Gasteiger charge is 2.38. The first kappa shape index (κ1) is 14.7. The number of Topliss-reactive ketones (excluding diaryl/α,β-unsaturated/α-hetero) is 1. The van der Waals surface area contributed by atoms with Gasteiger partial charge in [0.25, 0.3) is 0 Å². The van der Waals surface area contributed by atoms with Crippen molar-refractivity contribution in [2.75, 3.05) is 11.4 Å². The maximum Gasteiger partial charge on any atom is 0.239 e. The molecule has 1 unspecified atom stereocenters. The van der Waals surface area contributed by atoms with E-state index in [4.69, 9.17) is 4.52 Å². The zero-order valence-electron chi connectivity index (χ0n) is 13.3. The quantitative estimate of drug-likeness (QED) is 0.868. The van der Waals surface area contributed by atoms with Gasteiger partial charge in [0, 0.05) is 24.7 Å². The highest BCUT2D eigenvalue weighted by molar-refractivity contribution is 6.06. The SMILES string of the molecule is CC(C)c1noc(C2CN(C(C)C)c3ncccc3C2=O)n1. The molecule has 6 nitrogen and oxygen atoms in total. The van der Waals surface area contributed by atoms with Crippen LogP contribution in [0.3, 0.4) is 0 Å². The van der Waals surface area contributed by atoms with Crippen LogP contribution < -0.4 is 4.90 Å². The maximum absolute atomic E-state index is 12.8. The van der Waals surface area contributed by atoms with Crippen LogP contribution in [0.2, 0.25) is 0 Å². The van der Waals surface area contributed by atoms with Gasteiger partial charge in [0.2, 0.25) is 5.89 Å². The Labute approximate surface area is 129 Å². The fourth-order valence-electron chi connectivity index (χ4n) is 2.64. The molecule has 0 fully saturated rings. The lowest BCUT2D eigenvalue weighted by atomic mass is 9.92. The van der Waals surface area contributed by atoms with Gasteiger partial charge in [-0.15, -0.1) is 0 Å². The Hall–Kier alpha value is -2.24. The van der Waals surface area contributed by atoms with Crippen molar-refractivity contribution in [3.63, 3.8) is 0 Å². The lowest BCUT2D eigenvalue weighted by molar-refractivity contribution is 0.0938. The summed E-state index contributed by atoms with van der Waals surface area (Å²) in [5.74, 6) is 1.51. The van der Waals surface area contributed by atoms with Gasteiger partial charge in [0.15, 0.2) is 11.6 Å². The van der Waals surface area contributed by atoms with E-state index in [-0.39, 0.29) is 17.7 Å². The van der Waals surface area contributed by atoms with E-state index >= 15 is 0 Å². The first-order valence-corrected chi connectivity index (χ1v) is 7.58. The second-order valence-corrected chi connectivity index (χ2v) is 6.18. The molecule has 0 amide bonds. The molecule has 22 heavy (non-hydrogen) atoms. The number of carbonyl (C=O) groups excluding carboxylic acids is 1. The predicted octanol–water partition coefficient (Wildman–Crippen LogP) is 2.78. The van der Waals surface area contributed by atoms with Crippen LogP contribution in [0.5, 0.6) is 0 Å². The molecule has 1 atom stereocenters. The Bertz CT molecular complexity index is 693. The van der Waals surface area contributed by atoms with E-state index in [1.165, 1.54) is 0 Å². The van der Waals surface area contributed by atoms with Crippen LogP contribution in [0.1, 0.15) is 61.6 Å². The van der Waals surface area contributed by atoms with Crippen LogP contribution in [0.25, 0.3) is 0 Å².